The molecule has 2 aromatic rings. The second-order valence-corrected chi connectivity index (χ2v) is 7.55. The molecule has 27 heavy (non-hydrogen) atoms. The molecule has 1 aliphatic heterocycles. The summed E-state index contributed by atoms with van der Waals surface area (Å²) in [5, 5.41) is 3.10. The number of hydrogen-bond acceptors (Lipinski definition) is 3. The molecule has 1 atom stereocenters. The molecule has 1 fully saturated rings. The number of nitrogens with zero attached hydrogens (tertiary/aromatic N) is 2. The molecule has 4 heteroatoms. The van der Waals surface area contributed by atoms with Crippen LogP contribution in [-0.2, 0) is 11.3 Å². The minimum atomic E-state index is 0.0211. The fourth-order valence-electron chi connectivity index (χ4n) is 3.79. The van der Waals surface area contributed by atoms with Crippen molar-refractivity contribution in [1.82, 2.24) is 10.2 Å². The molecule has 1 heterocycles. The number of anilines is 1. The lowest BCUT2D eigenvalue weighted by atomic mass is 10.1. The molecule has 0 aromatic heterocycles. The van der Waals surface area contributed by atoms with Gasteiger partial charge in [-0.3, -0.25) is 9.69 Å². The summed E-state index contributed by atoms with van der Waals surface area (Å²) < 4.78 is 0. The van der Waals surface area contributed by atoms with Crippen molar-refractivity contribution in [3.05, 3.63) is 65.7 Å². The number of benzene rings is 2. The highest BCUT2D eigenvalue weighted by molar-refractivity contribution is 5.78. The maximum absolute atomic E-state index is 12.5. The first-order chi connectivity index (χ1) is 13.1. The number of likely N-dealkylation sites (N-methyl/N-ethyl adjacent to an activating group) is 1. The molecule has 1 saturated heterocycles. The second kappa shape index (κ2) is 9.56. The molecular formula is C23H31N3O. The van der Waals surface area contributed by atoms with Gasteiger partial charge < -0.3 is 10.2 Å². The van der Waals surface area contributed by atoms with Crippen LogP contribution >= 0.6 is 0 Å². The SMILES string of the molecule is CC(NC(=O)CN(C)Cc1ccccc1N1CCCCC1)c1ccccc1. The molecule has 144 valence electrons. The Labute approximate surface area is 163 Å². The van der Waals surface area contributed by atoms with E-state index in [0.717, 1.165) is 25.2 Å². The molecule has 0 spiro atoms. The van der Waals surface area contributed by atoms with Crippen LogP contribution in [0.5, 0.6) is 0 Å². The lowest BCUT2D eigenvalue weighted by Gasteiger charge is -2.31. The van der Waals surface area contributed by atoms with Crippen LogP contribution in [-0.4, -0.2) is 37.5 Å². The predicted molar refractivity (Wildman–Crippen MR) is 112 cm³/mol. The smallest absolute Gasteiger partial charge is 0.234 e. The Morgan fingerprint density at radius 1 is 1.04 bits per heavy atom. The van der Waals surface area contributed by atoms with Gasteiger partial charge in [0.2, 0.25) is 5.91 Å². The van der Waals surface area contributed by atoms with E-state index in [2.05, 4.69) is 39.4 Å². The van der Waals surface area contributed by atoms with Crippen LogP contribution in [0.4, 0.5) is 5.69 Å². The number of para-hydroxylation sites is 1. The van der Waals surface area contributed by atoms with Crippen molar-refractivity contribution in [2.45, 2.75) is 38.8 Å². The van der Waals surface area contributed by atoms with Gasteiger partial charge in [-0.25, -0.2) is 0 Å². The first kappa shape index (κ1) is 19.4. The summed E-state index contributed by atoms with van der Waals surface area (Å²) in [7, 11) is 2.01. The van der Waals surface area contributed by atoms with Crippen LogP contribution in [0.25, 0.3) is 0 Å². The van der Waals surface area contributed by atoms with E-state index < -0.39 is 0 Å². The lowest BCUT2D eigenvalue weighted by Crippen LogP contribution is -2.36. The summed E-state index contributed by atoms with van der Waals surface area (Å²) in [6, 6.07) is 18.7. The first-order valence-corrected chi connectivity index (χ1v) is 9.99. The quantitative estimate of drug-likeness (QED) is 0.806. The van der Waals surface area contributed by atoms with Crippen molar-refractivity contribution in [3.63, 3.8) is 0 Å². The van der Waals surface area contributed by atoms with E-state index in [9.17, 15) is 4.79 Å². The van der Waals surface area contributed by atoms with Gasteiger partial charge in [0.25, 0.3) is 0 Å². The third kappa shape index (κ3) is 5.57. The van der Waals surface area contributed by atoms with Gasteiger partial charge in [0.15, 0.2) is 0 Å². The van der Waals surface area contributed by atoms with Crippen LogP contribution in [0.2, 0.25) is 0 Å². The van der Waals surface area contributed by atoms with E-state index >= 15 is 0 Å². The fraction of sp³-hybridized carbons (Fsp3) is 0.435. The summed E-state index contributed by atoms with van der Waals surface area (Å²) in [6.07, 6.45) is 3.87. The molecule has 0 bridgehead atoms. The fourth-order valence-corrected chi connectivity index (χ4v) is 3.79. The Morgan fingerprint density at radius 2 is 1.70 bits per heavy atom. The molecule has 0 saturated carbocycles. The standard InChI is InChI=1S/C23H31N3O/c1-19(20-11-5-3-6-12-20)24-23(27)18-25(2)17-21-13-7-8-14-22(21)26-15-9-4-10-16-26/h3,5-8,11-14,19H,4,9-10,15-18H2,1-2H3,(H,24,27). The van der Waals surface area contributed by atoms with Gasteiger partial charge in [0, 0.05) is 25.3 Å². The maximum Gasteiger partial charge on any atom is 0.234 e. The highest BCUT2D eigenvalue weighted by atomic mass is 16.2. The van der Waals surface area contributed by atoms with Crippen molar-refractivity contribution < 1.29 is 4.79 Å². The normalized spacial score (nSPS) is 15.6. The van der Waals surface area contributed by atoms with Crippen molar-refractivity contribution in [2.75, 3.05) is 31.6 Å². The summed E-state index contributed by atoms with van der Waals surface area (Å²) >= 11 is 0. The van der Waals surface area contributed by atoms with Crippen molar-refractivity contribution in [3.8, 4) is 0 Å². The van der Waals surface area contributed by atoms with Gasteiger partial charge in [-0.05, 0) is 50.4 Å². The number of piperidine rings is 1. The highest BCUT2D eigenvalue weighted by Crippen LogP contribution is 2.25. The van der Waals surface area contributed by atoms with E-state index in [4.69, 9.17) is 0 Å². The Morgan fingerprint density at radius 3 is 2.44 bits per heavy atom. The van der Waals surface area contributed by atoms with E-state index in [-0.39, 0.29) is 11.9 Å². The summed E-state index contributed by atoms with van der Waals surface area (Å²) in [5.74, 6) is 0.0595. The third-order valence-corrected chi connectivity index (χ3v) is 5.22. The zero-order chi connectivity index (χ0) is 19.1. The number of amides is 1. The molecule has 2 aromatic carbocycles. The van der Waals surface area contributed by atoms with E-state index in [1.54, 1.807) is 0 Å². The van der Waals surface area contributed by atoms with Crippen molar-refractivity contribution >= 4 is 11.6 Å². The molecule has 1 aliphatic rings. The largest absolute Gasteiger partial charge is 0.371 e. The van der Waals surface area contributed by atoms with Crippen LogP contribution in [0.15, 0.2) is 54.6 Å². The number of hydrogen-bond donors (Lipinski definition) is 1. The van der Waals surface area contributed by atoms with Gasteiger partial charge >= 0.3 is 0 Å². The Bertz CT molecular complexity index is 725. The van der Waals surface area contributed by atoms with Crippen molar-refractivity contribution in [2.24, 2.45) is 0 Å². The summed E-state index contributed by atoms with van der Waals surface area (Å²) in [6.45, 7) is 5.47. The monoisotopic (exact) mass is 365 g/mol. The topological polar surface area (TPSA) is 35.6 Å². The molecular weight excluding hydrogens is 334 g/mol. The minimum Gasteiger partial charge on any atom is -0.371 e. The zero-order valence-corrected chi connectivity index (χ0v) is 16.5. The summed E-state index contributed by atoms with van der Waals surface area (Å²) in [4.78, 5) is 17.0. The van der Waals surface area contributed by atoms with Crippen LogP contribution in [0.3, 0.4) is 0 Å². The van der Waals surface area contributed by atoms with E-state index in [1.807, 2.05) is 44.3 Å². The van der Waals surface area contributed by atoms with Gasteiger partial charge in [-0.2, -0.15) is 0 Å². The molecule has 3 rings (SSSR count). The van der Waals surface area contributed by atoms with Gasteiger partial charge in [-0.1, -0.05) is 48.5 Å². The Balaban J connectivity index is 1.56. The maximum atomic E-state index is 12.5. The molecule has 1 amide bonds. The van der Waals surface area contributed by atoms with E-state index in [0.29, 0.717) is 6.54 Å². The van der Waals surface area contributed by atoms with Gasteiger partial charge in [-0.15, -0.1) is 0 Å². The summed E-state index contributed by atoms with van der Waals surface area (Å²) in [5.41, 5.74) is 3.75. The Hall–Kier alpha value is -2.33. The number of carbonyl (C=O) groups excluding carboxylic acids is 1. The predicted octanol–water partition coefficient (Wildman–Crippen LogP) is 3.99. The van der Waals surface area contributed by atoms with Crippen LogP contribution < -0.4 is 10.2 Å². The van der Waals surface area contributed by atoms with Crippen LogP contribution in [0.1, 0.15) is 43.4 Å². The number of rotatable bonds is 7. The number of nitrogens with one attached hydrogen (secondary N) is 1. The Kier molecular flexibility index (Phi) is 6.88. The average Bonchev–Trinajstić information content (AvgIpc) is 2.69. The minimum absolute atomic E-state index is 0.0211. The molecule has 1 N–H and O–H groups in total. The lowest BCUT2D eigenvalue weighted by molar-refractivity contribution is -0.122. The average molecular weight is 366 g/mol. The molecule has 1 unspecified atom stereocenters. The first-order valence-electron chi connectivity index (χ1n) is 9.99. The zero-order valence-electron chi connectivity index (χ0n) is 16.5. The van der Waals surface area contributed by atoms with E-state index in [1.165, 1.54) is 30.5 Å². The molecule has 0 aliphatic carbocycles. The highest BCUT2D eigenvalue weighted by Gasteiger charge is 2.16. The molecule has 4 nitrogen and oxygen atoms in total. The third-order valence-electron chi connectivity index (χ3n) is 5.22. The molecule has 0 radical (unpaired) electrons. The van der Waals surface area contributed by atoms with Gasteiger partial charge in [0.05, 0.1) is 12.6 Å². The van der Waals surface area contributed by atoms with Crippen molar-refractivity contribution in [1.29, 1.82) is 0 Å². The van der Waals surface area contributed by atoms with Crippen LogP contribution in [0, 0.1) is 0 Å². The second-order valence-electron chi connectivity index (χ2n) is 7.55. The van der Waals surface area contributed by atoms with Gasteiger partial charge in [0.1, 0.15) is 0 Å². The number of carbonyl (C=O) groups is 1.